The van der Waals surface area contributed by atoms with Crippen molar-refractivity contribution < 1.29 is 23.8 Å². The number of aliphatic hydroxyl groups excluding tert-OH is 1. The van der Waals surface area contributed by atoms with Crippen molar-refractivity contribution in [3.8, 4) is 0 Å². The predicted molar refractivity (Wildman–Crippen MR) is 54.6 cm³/mol. The number of nitrogens with one attached hydrogen (secondary N) is 1. The second kappa shape index (κ2) is 5.90. The number of halogens is 1. The lowest BCUT2D eigenvalue weighted by Gasteiger charge is -2.13. The second-order valence-corrected chi connectivity index (χ2v) is 3.09. The molecule has 0 radical (unpaired) electrons. The fraction of sp³-hybridized carbons (Fsp3) is 0.300. The summed E-state index contributed by atoms with van der Waals surface area (Å²) in [6.07, 6.45) is 0.876. The average molecular weight is 242 g/mol. The van der Waals surface area contributed by atoms with Crippen LogP contribution in [0.25, 0.3) is 0 Å². The van der Waals surface area contributed by atoms with Crippen molar-refractivity contribution in [1.82, 2.24) is 10.3 Å². The zero-order valence-electron chi connectivity index (χ0n) is 9.01. The Morgan fingerprint density at radius 1 is 1.59 bits per heavy atom. The van der Waals surface area contributed by atoms with Crippen LogP contribution in [-0.4, -0.2) is 41.7 Å². The van der Waals surface area contributed by atoms with Crippen LogP contribution in [-0.2, 0) is 9.53 Å². The maximum Gasteiger partial charge on any atom is 0.330 e. The maximum atomic E-state index is 12.6. The van der Waals surface area contributed by atoms with Gasteiger partial charge in [-0.3, -0.25) is 4.79 Å². The minimum Gasteiger partial charge on any atom is -0.467 e. The number of ether oxygens (including phenoxy) is 1. The first kappa shape index (κ1) is 13.0. The highest BCUT2D eigenvalue weighted by molar-refractivity contribution is 5.95. The van der Waals surface area contributed by atoms with Gasteiger partial charge in [-0.25, -0.2) is 14.2 Å². The summed E-state index contributed by atoms with van der Waals surface area (Å²) in [5.41, 5.74) is -0.0613. The molecule has 17 heavy (non-hydrogen) atoms. The Kier molecular flexibility index (Phi) is 4.53. The molecule has 1 unspecified atom stereocenters. The second-order valence-electron chi connectivity index (χ2n) is 3.09. The van der Waals surface area contributed by atoms with Crippen LogP contribution in [0.2, 0.25) is 0 Å². The number of carbonyl (C=O) groups excluding carboxylic acids is 2. The van der Waals surface area contributed by atoms with Crippen molar-refractivity contribution in [2.24, 2.45) is 0 Å². The Morgan fingerprint density at radius 2 is 2.29 bits per heavy atom. The van der Waals surface area contributed by atoms with Gasteiger partial charge in [-0.05, 0) is 12.1 Å². The zero-order chi connectivity index (χ0) is 12.8. The minimum absolute atomic E-state index is 0.0613. The van der Waals surface area contributed by atoms with Crippen molar-refractivity contribution in [3.05, 3.63) is 29.8 Å². The number of carbonyl (C=O) groups is 2. The monoisotopic (exact) mass is 242 g/mol. The number of esters is 1. The number of hydrogen-bond donors (Lipinski definition) is 2. The van der Waals surface area contributed by atoms with Crippen molar-refractivity contribution in [3.63, 3.8) is 0 Å². The third-order valence-electron chi connectivity index (χ3n) is 1.93. The molecule has 0 bridgehead atoms. The summed E-state index contributed by atoms with van der Waals surface area (Å²) in [6.45, 7) is -0.598. The molecule has 0 spiro atoms. The van der Waals surface area contributed by atoms with Gasteiger partial charge in [0.05, 0.1) is 19.9 Å². The van der Waals surface area contributed by atoms with Crippen molar-refractivity contribution in [2.45, 2.75) is 6.04 Å². The molecule has 0 aliphatic carbocycles. The molecule has 1 amide bonds. The minimum atomic E-state index is -1.17. The lowest BCUT2D eigenvalue weighted by atomic mass is 10.2. The molecule has 0 fully saturated rings. The Bertz CT molecular complexity index is 407. The van der Waals surface area contributed by atoms with Gasteiger partial charge in [-0.2, -0.15) is 0 Å². The fourth-order valence-electron chi connectivity index (χ4n) is 1.06. The van der Waals surface area contributed by atoms with Crippen LogP contribution in [0.5, 0.6) is 0 Å². The zero-order valence-corrected chi connectivity index (χ0v) is 9.01. The number of pyridine rings is 1. The van der Waals surface area contributed by atoms with Crippen molar-refractivity contribution in [2.75, 3.05) is 13.7 Å². The van der Waals surface area contributed by atoms with E-state index in [-0.39, 0.29) is 5.69 Å². The number of aromatic nitrogens is 1. The summed E-state index contributed by atoms with van der Waals surface area (Å²) < 4.78 is 16.9. The van der Waals surface area contributed by atoms with E-state index in [4.69, 9.17) is 5.11 Å². The summed E-state index contributed by atoms with van der Waals surface area (Å²) >= 11 is 0. The third kappa shape index (κ3) is 3.49. The van der Waals surface area contributed by atoms with Crippen LogP contribution in [0.15, 0.2) is 18.3 Å². The molecule has 1 atom stereocenters. The van der Waals surface area contributed by atoms with E-state index < -0.39 is 30.3 Å². The van der Waals surface area contributed by atoms with Gasteiger partial charge in [0.15, 0.2) is 6.04 Å². The number of methoxy groups -OCH3 is 1. The lowest BCUT2D eigenvalue weighted by molar-refractivity contribution is -0.143. The summed E-state index contributed by atoms with van der Waals surface area (Å²) in [7, 11) is 1.13. The van der Waals surface area contributed by atoms with Gasteiger partial charge in [0.1, 0.15) is 11.5 Å². The smallest absolute Gasteiger partial charge is 0.330 e. The molecular formula is C10H11FN2O4. The van der Waals surface area contributed by atoms with E-state index >= 15 is 0 Å². The maximum absolute atomic E-state index is 12.6. The van der Waals surface area contributed by atoms with Gasteiger partial charge >= 0.3 is 5.97 Å². The summed E-state index contributed by atoms with van der Waals surface area (Å²) in [6, 6.07) is 1.06. The Hall–Kier alpha value is -2.02. The van der Waals surface area contributed by atoms with Gasteiger partial charge in [0.25, 0.3) is 5.91 Å². The highest BCUT2D eigenvalue weighted by Crippen LogP contribution is 1.99. The molecule has 2 N–H and O–H groups in total. The number of aliphatic hydroxyl groups is 1. The first-order valence-electron chi connectivity index (χ1n) is 4.69. The highest BCUT2D eigenvalue weighted by Gasteiger charge is 2.21. The molecule has 0 saturated carbocycles. The fourth-order valence-corrected chi connectivity index (χ4v) is 1.06. The van der Waals surface area contributed by atoms with E-state index in [0.29, 0.717) is 0 Å². The van der Waals surface area contributed by atoms with Crippen LogP contribution in [0, 0.1) is 5.82 Å². The number of amides is 1. The molecule has 1 aromatic rings. The third-order valence-corrected chi connectivity index (χ3v) is 1.93. The van der Waals surface area contributed by atoms with Crippen LogP contribution in [0.4, 0.5) is 4.39 Å². The molecule has 92 valence electrons. The van der Waals surface area contributed by atoms with Gasteiger partial charge < -0.3 is 15.2 Å². The average Bonchev–Trinajstić information content (AvgIpc) is 2.35. The largest absolute Gasteiger partial charge is 0.467 e. The predicted octanol–water partition coefficient (Wildman–Crippen LogP) is -0.516. The molecule has 0 aromatic carbocycles. The molecular weight excluding hydrogens is 231 g/mol. The molecule has 1 aromatic heterocycles. The van der Waals surface area contributed by atoms with E-state index in [0.717, 1.165) is 25.4 Å². The van der Waals surface area contributed by atoms with E-state index in [2.05, 4.69) is 15.0 Å². The van der Waals surface area contributed by atoms with E-state index in [9.17, 15) is 14.0 Å². The van der Waals surface area contributed by atoms with Gasteiger partial charge in [-0.1, -0.05) is 0 Å². The lowest BCUT2D eigenvalue weighted by Crippen LogP contribution is -2.44. The molecule has 0 aliphatic rings. The van der Waals surface area contributed by atoms with Crippen LogP contribution in [0.3, 0.4) is 0 Å². The normalized spacial score (nSPS) is 11.7. The van der Waals surface area contributed by atoms with E-state index in [1.54, 1.807) is 0 Å². The van der Waals surface area contributed by atoms with Gasteiger partial charge in [-0.15, -0.1) is 0 Å². The van der Waals surface area contributed by atoms with Gasteiger partial charge in [0.2, 0.25) is 0 Å². The van der Waals surface area contributed by atoms with Crippen LogP contribution >= 0.6 is 0 Å². The van der Waals surface area contributed by atoms with E-state index in [1.165, 1.54) is 0 Å². The Labute approximate surface area is 96.4 Å². The molecule has 1 heterocycles. The number of rotatable bonds is 4. The number of nitrogens with zero attached hydrogens (tertiary/aromatic N) is 1. The summed E-state index contributed by atoms with van der Waals surface area (Å²) in [5, 5.41) is 11.1. The number of hydrogen-bond acceptors (Lipinski definition) is 5. The van der Waals surface area contributed by atoms with Crippen molar-refractivity contribution in [1.29, 1.82) is 0 Å². The molecule has 0 saturated heterocycles. The first-order valence-corrected chi connectivity index (χ1v) is 4.69. The molecule has 0 aliphatic heterocycles. The quantitative estimate of drug-likeness (QED) is 0.694. The molecule has 6 nitrogen and oxygen atoms in total. The first-order chi connectivity index (χ1) is 8.08. The highest BCUT2D eigenvalue weighted by atomic mass is 19.1. The topological polar surface area (TPSA) is 88.5 Å². The van der Waals surface area contributed by atoms with Gasteiger partial charge in [0, 0.05) is 0 Å². The standard InChI is InChI=1S/C10H11FN2O4/c1-17-10(16)8(5-14)13-9(15)7-3-2-6(11)4-12-7/h2-4,8,14H,5H2,1H3,(H,13,15). The van der Waals surface area contributed by atoms with E-state index in [1.807, 2.05) is 0 Å². The Balaban J connectivity index is 2.71. The SMILES string of the molecule is COC(=O)C(CO)NC(=O)c1ccc(F)cn1. The van der Waals surface area contributed by atoms with Crippen molar-refractivity contribution >= 4 is 11.9 Å². The van der Waals surface area contributed by atoms with Crippen LogP contribution in [0.1, 0.15) is 10.5 Å². The molecule has 7 heteroatoms. The summed E-state index contributed by atoms with van der Waals surface area (Å²) in [5.74, 6) is -2.05. The van der Waals surface area contributed by atoms with Crippen LogP contribution < -0.4 is 5.32 Å². The summed E-state index contributed by atoms with van der Waals surface area (Å²) in [4.78, 5) is 26.1. The Morgan fingerprint density at radius 3 is 2.76 bits per heavy atom. The molecule has 1 rings (SSSR count).